The third-order valence-electron chi connectivity index (χ3n) is 11.1. The fraction of sp³-hybridized carbons (Fsp3) is 0. The molecule has 54 heavy (non-hydrogen) atoms. The van der Waals surface area contributed by atoms with Crippen LogP contribution in [-0.4, -0.2) is 14.5 Å². The monoisotopic (exact) mass is 703 g/mol. The van der Waals surface area contributed by atoms with Gasteiger partial charge in [0.25, 0.3) is 0 Å². The van der Waals surface area contributed by atoms with Crippen LogP contribution in [0.25, 0.3) is 114 Å². The summed E-state index contributed by atoms with van der Waals surface area (Å²) in [5.74, 6) is 0. The third kappa shape index (κ3) is 4.23. The normalized spacial score (nSPS) is 12.1. The molecule has 0 aliphatic heterocycles. The maximum Gasteiger partial charge on any atom is 0.0979 e. The van der Waals surface area contributed by atoms with Gasteiger partial charge in [-0.2, -0.15) is 0 Å². The van der Waals surface area contributed by atoms with E-state index in [1.165, 1.54) is 63.7 Å². The first-order valence-electron chi connectivity index (χ1n) is 18.3. The predicted molar refractivity (Wildman–Crippen MR) is 229 cm³/mol. The zero-order valence-electron chi connectivity index (χ0n) is 29.0. The van der Waals surface area contributed by atoms with Crippen LogP contribution in [0.2, 0.25) is 0 Å². The average Bonchev–Trinajstić information content (AvgIpc) is 3.49. The lowest BCUT2D eigenvalue weighted by Gasteiger charge is -2.17. The number of rotatable bonds is 4. The van der Waals surface area contributed by atoms with Crippen molar-refractivity contribution in [3.63, 3.8) is 0 Å². The van der Waals surface area contributed by atoms with Crippen molar-refractivity contribution in [2.24, 2.45) is 0 Å². The number of aromatic nitrogens is 3. The molecule has 0 saturated heterocycles. The summed E-state index contributed by atoms with van der Waals surface area (Å²) in [4.78, 5) is 10.7. The Bertz CT molecular complexity index is 3340. The smallest absolute Gasteiger partial charge is 0.0979 e. The van der Waals surface area contributed by atoms with E-state index in [4.69, 9.17) is 9.97 Å². The van der Waals surface area contributed by atoms with Gasteiger partial charge in [-0.1, -0.05) is 121 Å². The van der Waals surface area contributed by atoms with Crippen molar-refractivity contribution < 1.29 is 0 Å². The lowest BCUT2D eigenvalue weighted by atomic mass is 9.95. The van der Waals surface area contributed by atoms with Crippen LogP contribution in [0.15, 0.2) is 176 Å². The van der Waals surface area contributed by atoms with Crippen LogP contribution in [0.5, 0.6) is 0 Å². The highest BCUT2D eigenvalue weighted by molar-refractivity contribution is 7.24. The van der Waals surface area contributed by atoms with Crippen LogP contribution >= 0.6 is 11.3 Å². The van der Waals surface area contributed by atoms with Crippen molar-refractivity contribution in [2.75, 3.05) is 0 Å². The van der Waals surface area contributed by atoms with E-state index in [1.54, 1.807) is 0 Å². The van der Waals surface area contributed by atoms with Gasteiger partial charge in [0.1, 0.15) is 0 Å². The molecule has 0 unspecified atom stereocenters. The minimum absolute atomic E-state index is 0.874. The Labute approximate surface area is 314 Å². The molecule has 0 spiro atoms. The maximum absolute atomic E-state index is 5.38. The van der Waals surface area contributed by atoms with Crippen molar-refractivity contribution in [3.8, 4) is 39.3 Å². The highest BCUT2D eigenvalue weighted by Crippen LogP contribution is 2.47. The van der Waals surface area contributed by atoms with Crippen molar-refractivity contribution in [1.29, 1.82) is 0 Å². The molecule has 0 radical (unpaired) electrons. The molecule has 0 N–H and O–H groups in total. The fourth-order valence-corrected chi connectivity index (χ4v) is 9.95. The molecule has 250 valence electrons. The average molecular weight is 704 g/mol. The summed E-state index contributed by atoms with van der Waals surface area (Å²) in [7, 11) is 0. The molecule has 9 aromatic carbocycles. The SMILES string of the molecule is c1ccc(-c2cccc(-c3nc4ccccc4nc3-c3ccc(-n4c5ccc6cccc7sc8cccc9ccc4c(c98)c5c67)c4ccccc34)c2)cc1. The number of nitrogens with zero attached hydrogens (tertiary/aromatic N) is 3. The number of hydrogen-bond donors (Lipinski definition) is 0. The third-order valence-corrected chi connectivity index (χ3v) is 12.3. The summed E-state index contributed by atoms with van der Waals surface area (Å²) in [5.41, 5.74) is 11.5. The standard InChI is InChI=1S/C50H29N3S/c1-2-11-30(12-3-1)33-15-8-16-34(29-33)49-50(52-39-20-7-6-19-38(39)51-49)37-25-28-40(36-18-5-4-17-35(36)37)53-41-26-23-31-13-9-21-43-45(31)47(41)48-42(53)27-24-32-14-10-22-44(54-43)46(32)48/h1-29H. The minimum atomic E-state index is 0.874. The van der Waals surface area contributed by atoms with E-state index < -0.39 is 0 Å². The lowest BCUT2D eigenvalue weighted by Crippen LogP contribution is -1.99. The largest absolute Gasteiger partial charge is 0.309 e. The Morgan fingerprint density at radius 2 is 0.963 bits per heavy atom. The Morgan fingerprint density at radius 3 is 1.67 bits per heavy atom. The Kier molecular flexibility index (Phi) is 6.21. The van der Waals surface area contributed by atoms with E-state index in [1.807, 2.05) is 23.5 Å². The van der Waals surface area contributed by atoms with Crippen LogP contribution in [0.3, 0.4) is 0 Å². The van der Waals surface area contributed by atoms with Crippen molar-refractivity contribution >= 4 is 85.9 Å². The molecule has 0 amide bonds. The fourth-order valence-electron chi connectivity index (χ4n) is 8.78. The van der Waals surface area contributed by atoms with E-state index in [0.29, 0.717) is 0 Å². The second-order valence-electron chi connectivity index (χ2n) is 14.1. The number of fused-ring (bicyclic) bond motifs is 2. The molecule has 12 rings (SSSR count). The molecule has 0 atom stereocenters. The summed E-state index contributed by atoms with van der Waals surface area (Å²) in [6, 6.07) is 63.4. The molecule has 3 aromatic heterocycles. The van der Waals surface area contributed by atoms with Gasteiger partial charge >= 0.3 is 0 Å². The van der Waals surface area contributed by atoms with Gasteiger partial charge in [0.05, 0.1) is 39.1 Å². The van der Waals surface area contributed by atoms with Gasteiger partial charge < -0.3 is 4.57 Å². The van der Waals surface area contributed by atoms with E-state index >= 15 is 0 Å². The first kappa shape index (κ1) is 29.7. The molecular weight excluding hydrogens is 675 g/mol. The Morgan fingerprint density at radius 1 is 0.389 bits per heavy atom. The summed E-state index contributed by atoms with van der Waals surface area (Å²) in [5, 5.41) is 10.2. The number of benzene rings is 9. The van der Waals surface area contributed by atoms with Gasteiger partial charge in [-0.3, -0.25) is 0 Å². The molecule has 0 aliphatic rings. The molecule has 3 heterocycles. The van der Waals surface area contributed by atoms with Crippen molar-refractivity contribution in [1.82, 2.24) is 14.5 Å². The summed E-state index contributed by atoms with van der Waals surface area (Å²) < 4.78 is 5.11. The molecule has 0 fully saturated rings. The van der Waals surface area contributed by atoms with E-state index in [0.717, 1.165) is 50.2 Å². The lowest BCUT2D eigenvalue weighted by molar-refractivity contribution is 1.20. The van der Waals surface area contributed by atoms with Gasteiger partial charge in [0.2, 0.25) is 0 Å². The zero-order valence-corrected chi connectivity index (χ0v) is 29.8. The molecule has 3 nitrogen and oxygen atoms in total. The highest BCUT2D eigenvalue weighted by Gasteiger charge is 2.23. The first-order valence-corrected chi connectivity index (χ1v) is 19.1. The van der Waals surface area contributed by atoms with Crippen LogP contribution in [-0.2, 0) is 0 Å². The molecule has 12 aromatic rings. The number of para-hydroxylation sites is 2. The quantitative estimate of drug-likeness (QED) is 0.183. The van der Waals surface area contributed by atoms with E-state index in [9.17, 15) is 0 Å². The number of hydrogen-bond acceptors (Lipinski definition) is 3. The topological polar surface area (TPSA) is 30.7 Å². The van der Waals surface area contributed by atoms with Crippen molar-refractivity contribution in [3.05, 3.63) is 176 Å². The Balaban J connectivity index is 1.16. The second-order valence-corrected chi connectivity index (χ2v) is 15.2. The molecule has 0 saturated carbocycles. The summed E-state index contributed by atoms with van der Waals surface area (Å²) in [6.45, 7) is 0. The van der Waals surface area contributed by atoms with E-state index in [-0.39, 0.29) is 0 Å². The van der Waals surface area contributed by atoms with Crippen LogP contribution < -0.4 is 0 Å². The van der Waals surface area contributed by atoms with Gasteiger partial charge in [0.15, 0.2) is 0 Å². The molecule has 0 aliphatic carbocycles. The van der Waals surface area contributed by atoms with Crippen LogP contribution in [0, 0.1) is 0 Å². The van der Waals surface area contributed by atoms with Crippen molar-refractivity contribution in [2.45, 2.75) is 0 Å². The summed E-state index contributed by atoms with van der Waals surface area (Å²) in [6.07, 6.45) is 0. The maximum atomic E-state index is 5.38. The van der Waals surface area contributed by atoms with Gasteiger partial charge in [-0.15, -0.1) is 11.3 Å². The zero-order chi connectivity index (χ0) is 35.3. The second kappa shape index (κ2) is 11.3. The van der Waals surface area contributed by atoms with Gasteiger partial charge in [-0.05, 0) is 81.9 Å². The first-order chi connectivity index (χ1) is 26.8. The molecule has 0 bridgehead atoms. The highest BCUT2D eigenvalue weighted by atomic mass is 32.1. The van der Waals surface area contributed by atoms with Gasteiger partial charge in [0, 0.05) is 47.5 Å². The van der Waals surface area contributed by atoms with Crippen LogP contribution in [0.1, 0.15) is 0 Å². The molecule has 4 heteroatoms. The Hall–Kier alpha value is -6.88. The van der Waals surface area contributed by atoms with Crippen LogP contribution in [0.4, 0.5) is 0 Å². The summed E-state index contributed by atoms with van der Waals surface area (Å²) >= 11 is 1.89. The van der Waals surface area contributed by atoms with E-state index in [2.05, 4.69) is 168 Å². The minimum Gasteiger partial charge on any atom is -0.309 e. The van der Waals surface area contributed by atoms with Gasteiger partial charge in [-0.25, -0.2) is 9.97 Å². The molecular formula is C50H29N3S. The predicted octanol–water partition coefficient (Wildman–Crippen LogP) is 13.8.